The first-order valence-electron chi connectivity index (χ1n) is 11.1. The molecule has 0 saturated heterocycles. The van der Waals surface area contributed by atoms with Crippen LogP contribution in [0.3, 0.4) is 0 Å². The molecule has 0 aromatic carbocycles. The van der Waals surface area contributed by atoms with Crippen molar-refractivity contribution in [2.45, 2.75) is 111 Å². The molecule has 3 nitrogen and oxygen atoms in total. The van der Waals surface area contributed by atoms with Gasteiger partial charge >= 0.3 is 0 Å². The van der Waals surface area contributed by atoms with E-state index in [9.17, 15) is 9.90 Å². The molecule has 25 heavy (non-hydrogen) atoms. The zero-order valence-electron chi connectivity index (χ0n) is 17.5. The second kappa shape index (κ2) is 16.9. The lowest BCUT2D eigenvalue weighted by Gasteiger charge is -2.35. The highest BCUT2D eigenvalue weighted by molar-refractivity contribution is 5.63. The molecule has 0 atom stereocenters. The first kappa shape index (κ1) is 24.4. The van der Waals surface area contributed by atoms with Crippen molar-refractivity contribution in [1.29, 1.82) is 0 Å². The highest BCUT2D eigenvalue weighted by Gasteiger charge is 2.19. The van der Waals surface area contributed by atoms with Crippen LogP contribution in [0.15, 0.2) is 0 Å². The van der Waals surface area contributed by atoms with Crippen molar-refractivity contribution < 1.29 is 14.4 Å². The summed E-state index contributed by atoms with van der Waals surface area (Å²) in [5, 5.41) is 10.3. The summed E-state index contributed by atoms with van der Waals surface area (Å²) in [4.78, 5) is 10.3. The second-order valence-electron chi connectivity index (χ2n) is 7.73. The van der Waals surface area contributed by atoms with Crippen LogP contribution in [0.5, 0.6) is 0 Å². The molecular formula is C22H45NO2. The van der Waals surface area contributed by atoms with Gasteiger partial charge in [0.05, 0.1) is 26.2 Å². The number of hydrogen-bond acceptors (Lipinski definition) is 2. The first-order chi connectivity index (χ1) is 12.1. The smallest absolute Gasteiger partial charge is 0.0786 e. The number of carboxylic acids is 1. The molecule has 0 saturated carbocycles. The molecule has 0 aromatic rings. The molecule has 0 N–H and O–H groups in total. The lowest BCUT2D eigenvalue weighted by molar-refractivity contribution is -0.923. The number of carboxylic acid groups (broad SMARTS) is 1. The minimum Gasteiger partial charge on any atom is -0.550 e. The predicted octanol–water partition coefficient (Wildman–Crippen LogP) is 5.07. The number of hydrogen-bond donors (Lipinski definition) is 0. The van der Waals surface area contributed by atoms with Crippen molar-refractivity contribution in [3.8, 4) is 0 Å². The zero-order valence-corrected chi connectivity index (χ0v) is 17.5. The molecule has 0 aliphatic heterocycles. The summed E-state index contributed by atoms with van der Waals surface area (Å²) in [6.45, 7) is 12.2. The molecule has 0 unspecified atom stereocenters. The van der Waals surface area contributed by atoms with Crippen LogP contribution in [0.25, 0.3) is 0 Å². The van der Waals surface area contributed by atoms with E-state index >= 15 is 0 Å². The third kappa shape index (κ3) is 14.3. The molecule has 0 radical (unpaired) electrons. The van der Waals surface area contributed by atoms with Crippen molar-refractivity contribution in [2.24, 2.45) is 0 Å². The third-order valence-electron chi connectivity index (χ3n) is 6.03. The highest BCUT2D eigenvalue weighted by Crippen LogP contribution is 2.14. The quantitative estimate of drug-likeness (QED) is 0.240. The number of unbranched alkanes of at least 4 members (excludes halogenated alkanes) is 12. The number of aliphatic carboxylic acids is 1. The number of carbonyl (C=O) groups is 1. The molecule has 0 amide bonds. The van der Waals surface area contributed by atoms with Gasteiger partial charge in [0.25, 0.3) is 0 Å². The topological polar surface area (TPSA) is 40.1 Å². The number of nitrogens with zero attached hydrogens (tertiary/aromatic N) is 1. The summed E-state index contributed by atoms with van der Waals surface area (Å²) in [7, 11) is 0. The van der Waals surface area contributed by atoms with Crippen LogP contribution in [0.1, 0.15) is 111 Å². The van der Waals surface area contributed by atoms with E-state index in [1.807, 2.05) is 0 Å². The van der Waals surface area contributed by atoms with E-state index in [0.29, 0.717) is 0 Å². The van der Waals surface area contributed by atoms with Gasteiger partial charge in [-0.25, -0.2) is 0 Å². The van der Waals surface area contributed by atoms with Crippen LogP contribution in [0.2, 0.25) is 0 Å². The average Bonchev–Trinajstić information content (AvgIpc) is 2.62. The first-order valence-corrected chi connectivity index (χ1v) is 11.1. The molecule has 0 bridgehead atoms. The van der Waals surface area contributed by atoms with Crippen LogP contribution in [0.4, 0.5) is 0 Å². The van der Waals surface area contributed by atoms with E-state index in [1.54, 1.807) is 0 Å². The van der Waals surface area contributed by atoms with Crippen LogP contribution in [-0.4, -0.2) is 36.6 Å². The van der Waals surface area contributed by atoms with E-state index in [-0.39, 0.29) is 6.42 Å². The Morgan fingerprint density at radius 2 is 0.920 bits per heavy atom. The van der Waals surface area contributed by atoms with Crippen molar-refractivity contribution in [1.82, 2.24) is 0 Å². The lowest BCUT2D eigenvalue weighted by atomic mass is 10.0. The summed E-state index contributed by atoms with van der Waals surface area (Å²) < 4.78 is 1.30. The van der Waals surface area contributed by atoms with Gasteiger partial charge in [-0.15, -0.1) is 0 Å². The Labute approximate surface area is 157 Å². The molecule has 0 aliphatic carbocycles. The minimum absolute atomic E-state index is 0.231. The van der Waals surface area contributed by atoms with Gasteiger partial charge < -0.3 is 14.4 Å². The predicted molar refractivity (Wildman–Crippen MR) is 106 cm³/mol. The Balaban J connectivity index is 3.25. The molecule has 0 spiro atoms. The maximum absolute atomic E-state index is 10.3. The van der Waals surface area contributed by atoms with Crippen LogP contribution in [0, 0.1) is 0 Å². The number of quaternary nitrogens is 1. The summed E-state index contributed by atoms with van der Waals surface area (Å²) in [6.07, 6.45) is 17.0. The van der Waals surface area contributed by atoms with Gasteiger partial charge in [-0.1, -0.05) is 64.2 Å². The highest BCUT2D eigenvalue weighted by atomic mass is 16.4. The van der Waals surface area contributed by atoms with Crippen molar-refractivity contribution in [2.75, 3.05) is 26.2 Å². The van der Waals surface area contributed by atoms with E-state index in [4.69, 9.17) is 0 Å². The standard InChI is InChI=1S/C22H45NO2/c1-4-23(5-2,6-3)21-19-17-15-13-11-9-7-8-10-12-14-16-18-20-22(24)25/h4-21H2,1-3H3. The van der Waals surface area contributed by atoms with Gasteiger partial charge in [0.15, 0.2) is 0 Å². The van der Waals surface area contributed by atoms with Gasteiger partial charge in [0.2, 0.25) is 0 Å². The Hall–Kier alpha value is -0.570. The molecule has 0 heterocycles. The molecule has 150 valence electrons. The number of carbonyl (C=O) groups excluding carboxylic acids is 1. The Morgan fingerprint density at radius 1 is 0.600 bits per heavy atom. The normalized spacial score (nSPS) is 11.8. The van der Waals surface area contributed by atoms with E-state index in [1.165, 1.54) is 101 Å². The van der Waals surface area contributed by atoms with E-state index in [0.717, 1.165) is 12.8 Å². The summed E-state index contributed by atoms with van der Waals surface area (Å²) in [6, 6.07) is 0. The number of rotatable bonds is 19. The Bertz CT molecular complexity index is 292. The average molecular weight is 356 g/mol. The Morgan fingerprint density at radius 3 is 1.24 bits per heavy atom. The van der Waals surface area contributed by atoms with E-state index in [2.05, 4.69) is 20.8 Å². The van der Waals surface area contributed by atoms with Crippen LogP contribution >= 0.6 is 0 Å². The molecule has 0 rings (SSSR count). The molecule has 3 heteroatoms. The fourth-order valence-electron chi connectivity index (χ4n) is 3.81. The molecule has 0 aromatic heterocycles. The fraction of sp³-hybridized carbons (Fsp3) is 0.955. The van der Waals surface area contributed by atoms with Crippen molar-refractivity contribution in [3.05, 3.63) is 0 Å². The third-order valence-corrected chi connectivity index (χ3v) is 6.03. The Kier molecular flexibility index (Phi) is 16.5. The van der Waals surface area contributed by atoms with Gasteiger partial charge in [0.1, 0.15) is 0 Å². The van der Waals surface area contributed by atoms with E-state index < -0.39 is 5.97 Å². The monoisotopic (exact) mass is 355 g/mol. The summed E-state index contributed by atoms with van der Waals surface area (Å²) in [5.41, 5.74) is 0. The minimum atomic E-state index is -0.903. The maximum atomic E-state index is 10.3. The fourth-order valence-corrected chi connectivity index (χ4v) is 3.81. The summed E-state index contributed by atoms with van der Waals surface area (Å²) >= 11 is 0. The SMILES string of the molecule is CC[N+](CC)(CC)CCCCCCCCCCCCCCCC(=O)[O-]. The molecule has 0 aliphatic rings. The summed E-state index contributed by atoms with van der Waals surface area (Å²) in [5.74, 6) is -0.903. The lowest BCUT2D eigenvalue weighted by Crippen LogP contribution is -2.48. The van der Waals surface area contributed by atoms with Crippen LogP contribution in [-0.2, 0) is 4.79 Å². The van der Waals surface area contributed by atoms with Crippen molar-refractivity contribution >= 4 is 5.97 Å². The largest absolute Gasteiger partial charge is 0.550 e. The van der Waals surface area contributed by atoms with Gasteiger partial charge in [-0.3, -0.25) is 0 Å². The second-order valence-corrected chi connectivity index (χ2v) is 7.73. The van der Waals surface area contributed by atoms with Gasteiger partial charge in [-0.2, -0.15) is 0 Å². The van der Waals surface area contributed by atoms with Gasteiger partial charge in [0, 0.05) is 5.97 Å². The zero-order chi connectivity index (χ0) is 18.8. The maximum Gasteiger partial charge on any atom is 0.0786 e. The van der Waals surface area contributed by atoms with Gasteiger partial charge in [-0.05, 0) is 46.5 Å². The molecular weight excluding hydrogens is 310 g/mol. The van der Waals surface area contributed by atoms with Crippen molar-refractivity contribution in [3.63, 3.8) is 0 Å². The van der Waals surface area contributed by atoms with Crippen LogP contribution < -0.4 is 5.11 Å². The molecule has 0 fully saturated rings.